The summed E-state index contributed by atoms with van der Waals surface area (Å²) in [4.78, 5) is 12.7. The Labute approximate surface area is 112 Å². The molecule has 1 saturated heterocycles. The highest BCUT2D eigenvalue weighted by molar-refractivity contribution is 9.10. The molecule has 1 fully saturated rings. The maximum atomic E-state index is 11.9. The van der Waals surface area contributed by atoms with Crippen molar-refractivity contribution in [3.8, 4) is 0 Å². The molecule has 88 valence electrons. The van der Waals surface area contributed by atoms with Crippen LogP contribution in [0.25, 0.3) is 0 Å². The van der Waals surface area contributed by atoms with Crippen molar-refractivity contribution in [2.75, 3.05) is 12.3 Å². The number of nitrogens with one attached hydrogen (secondary N) is 1. The lowest BCUT2D eigenvalue weighted by atomic mass is 10.1. The van der Waals surface area contributed by atoms with Crippen molar-refractivity contribution in [2.24, 2.45) is 0 Å². The molecule has 2 heterocycles. The summed E-state index contributed by atoms with van der Waals surface area (Å²) in [6.07, 6.45) is 2.46. The number of rotatable bonds is 3. The molecule has 0 aromatic carbocycles. The largest absolute Gasteiger partial charge is 0.350 e. The molecule has 2 rings (SSSR count). The Bertz CT molecular complexity index is 385. The lowest BCUT2D eigenvalue weighted by Gasteiger charge is -2.22. The summed E-state index contributed by atoms with van der Waals surface area (Å²) in [6, 6.07) is 1.91. The smallest absolute Gasteiger partial charge is 0.262 e. The van der Waals surface area contributed by atoms with E-state index in [9.17, 15) is 4.79 Å². The molecule has 16 heavy (non-hydrogen) atoms. The van der Waals surface area contributed by atoms with Gasteiger partial charge in [-0.2, -0.15) is 11.8 Å². The first kappa shape index (κ1) is 12.5. The molecule has 2 nitrogen and oxygen atoms in total. The Kier molecular flexibility index (Phi) is 3.97. The van der Waals surface area contributed by atoms with Crippen LogP contribution in [-0.4, -0.2) is 23.0 Å². The van der Waals surface area contributed by atoms with Crippen LogP contribution in [0.2, 0.25) is 0 Å². The summed E-state index contributed by atoms with van der Waals surface area (Å²) in [5, 5.41) is 4.95. The van der Waals surface area contributed by atoms with Gasteiger partial charge in [0, 0.05) is 15.8 Å². The van der Waals surface area contributed by atoms with Gasteiger partial charge in [-0.25, -0.2) is 0 Å². The van der Waals surface area contributed by atoms with E-state index in [2.05, 4.69) is 28.2 Å². The zero-order chi connectivity index (χ0) is 11.6. The predicted octanol–water partition coefficient (Wildman–Crippen LogP) is 3.53. The Balaban J connectivity index is 1.91. The average Bonchev–Trinajstić information content (AvgIpc) is 2.85. The second-order valence-corrected chi connectivity index (χ2v) is 7.64. The first-order valence-electron chi connectivity index (χ1n) is 5.26. The van der Waals surface area contributed by atoms with Crippen LogP contribution in [0.4, 0.5) is 0 Å². The van der Waals surface area contributed by atoms with Crippen molar-refractivity contribution in [2.45, 2.75) is 24.5 Å². The SMILES string of the molecule is CC1(CNC(=O)c2sccc2Br)CCCS1. The quantitative estimate of drug-likeness (QED) is 0.923. The minimum absolute atomic E-state index is 0.0376. The lowest BCUT2D eigenvalue weighted by Crippen LogP contribution is -2.36. The first-order chi connectivity index (χ1) is 7.61. The second-order valence-electron chi connectivity index (χ2n) is 4.18. The van der Waals surface area contributed by atoms with Crippen molar-refractivity contribution < 1.29 is 4.79 Å². The van der Waals surface area contributed by atoms with Crippen molar-refractivity contribution in [3.63, 3.8) is 0 Å². The molecule has 5 heteroatoms. The highest BCUT2D eigenvalue weighted by Crippen LogP contribution is 2.37. The molecule has 0 spiro atoms. The van der Waals surface area contributed by atoms with E-state index in [1.165, 1.54) is 29.9 Å². The fraction of sp³-hybridized carbons (Fsp3) is 0.545. The summed E-state index contributed by atoms with van der Waals surface area (Å²) in [5.74, 6) is 1.25. The van der Waals surface area contributed by atoms with Crippen LogP contribution in [0.3, 0.4) is 0 Å². The normalized spacial score (nSPS) is 24.6. The standard InChI is InChI=1S/C11H14BrNOS2/c1-11(4-2-5-16-11)7-13-10(14)9-8(12)3-6-15-9/h3,6H,2,4-5,7H2,1H3,(H,13,14). The Morgan fingerprint density at radius 1 is 1.69 bits per heavy atom. The van der Waals surface area contributed by atoms with E-state index in [1.807, 2.05) is 23.2 Å². The van der Waals surface area contributed by atoms with E-state index in [0.717, 1.165) is 15.9 Å². The first-order valence-corrected chi connectivity index (χ1v) is 7.92. The van der Waals surface area contributed by atoms with E-state index < -0.39 is 0 Å². The van der Waals surface area contributed by atoms with Gasteiger partial charge >= 0.3 is 0 Å². The predicted molar refractivity (Wildman–Crippen MR) is 74.4 cm³/mol. The summed E-state index contributed by atoms with van der Waals surface area (Å²) in [5.41, 5.74) is 0. The van der Waals surface area contributed by atoms with E-state index in [0.29, 0.717) is 0 Å². The molecular formula is C11H14BrNOS2. The number of thiophene rings is 1. The van der Waals surface area contributed by atoms with Crippen LogP contribution in [0.15, 0.2) is 15.9 Å². The van der Waals surface area contributed by atoms with Gasteiger partial charge in [-0.15, -0.1) is 11.3 Å². The molecule has 1 atom stereocenters. The van der Waals surface area contributed by atoms with Crippen LogP contribution in [0.5, 0.6) is 0 Å². The van der Waals surface area contributed by atoms with Gasteiger partial charge in [-0.05, 0) is 52.9 Å². The summed E-state index contributed by atoms with van der Waals surface area (Å²) in [6.45, 7) is 3.00. The van der Waals surface area contributed by atoms with Gasteiger partial charge in [0.25, 0.3) is 5.91 Å². The Morgan fingerprint density at radius 2 is 2.50 bits per heavy atom. The van der Waals surface area contributed by atoms with Crippen LogP contribution in [-0.2, 0) is 0 Å². The molecule has 1 aliphatic rings. The lowest BCUT2D eigenvalue weighted by molar-refractivity contribution is 0.0953. The third-order valence-corrected chi connectivity index (χ3v) is 6.12. The molecule has 0 saturated carbocycles. The summed E-state index contributed by atoms with van der Waals surface area (Å²) in [7, 11) is 0. The van der Waals surface area contributed by atoms with Crippen LogP contribution in [0.1, 0.15) is 29.4 Å². The molecule has 1 aliphatic heterocycles. The highest BCUT2D eigenvalue weighted by Gasteiger charge is 2.30. The number of thioether (sulfide) groups is 1. The fourth-order valence-corrected chi connectivity index (χ4v) is 4.49. The highest BCUT2D eigenvalue weighted by atomic mass is 79.9. The van der Waals surface area contributed by atoms with Crippen LogP contribution >= 0.6 is 39.0 Å². The van der Waals surface area contributed by atoms with Gasteiger partial charge < -0.3 is 5.32 Å². The molecule has 0 radical (unpaired) electrons. The summed E-state index contributed by atoms with van der Waals surface area (Å²) >= 11 is 6.82. The van der Waals surface area contributed by atoms with Gasteiger partial charge in [-0.3, -0.25) is 4.79 Å². The van der Waals surface area contributed by atoms with Gasteiger partial charge in [0.05, 0.1) is 0 Å². The fourth-order valence-electron chi connectivity index (χ4n) is 1.78. The van der Waals surface area contributed by atoms with E-state index in [-0.39, 0.29) is 10.7 Å². The van der Waals surface area contributed by atoms with Crippen LogP contribution in [0, 0.1) is 0 Å². The van der Waals surface area contributed by atoms with Crippen LogP contribution < -0.4 is 5.32 Å². The van der Waals surface area contributed by atoms with E-state index >= 15 is 0 Å². The monoisotopic (exact) mass is 319 g/mol. The van der Waals surface area contributed by atoms with Gasteiger partial charge in [0.2, 0.25) is 0 Å². The minimum atomic E-state index is 0.0376. The Morgan fingerprint density at radius 3 is 3.06 bits per heavy atom. The van der Waals surface area contributed by atoms with Gasteiger partial charge in [0.1, 0.15) is 4.88 Å². The third-order valence-electron chi connectivity index (χ3n) is 2.75. The topological polar surface area (TPSA) is 29.1 Å². The molecule has 1 aromatic heterocycles. The average molecular weight is 320 g/mol. The maximum Gasteiger partial charge on any atom is 0.262 e. The molecule has 1 aromatic rings. The number of halogens is 1. The summed E-state index contributed by atoms with van der Waals surface area (Å²) < 4.78 is 1.12. The molecule has 1 unspecified atom stereocenters. The minimum Gasteiger partial charge on any atom is -0.350 e. The number of hydrogen-bond donors (Lipinski definition) is 1. The molecular weight excluding hydrogens is 306 g/mol. The van der Waals surface area contributed by atoms with Gasteiger partial charge in [-0.1, -0.05) is 0 Å². The molecule has 0 bridgehead atoms. The van der Waals surface area contributed by atoms with Crippen molar-refractivity contribution in [1.82, 2.24) is 5.32 Å². The maximum absolute atomic E-state index is 11.9. The number of hydrogen-bond acceptors (Lipinski definition) is 3. The molecule has 1 amide bonds. The zero-order valence-corrected chi connectivity index (χ0v) is 12.3. The Hall–Kier alpha value is -0.000000000000000111. The van der Waals surface area contributed by atoms with Crippen molar-refractivity contribution in [3.05, 3.63) is 20.8 Å². The number of carbonyl (C=O) groups is 1. The third kappa shape index (κ3) is 2.81. The number of amides is 1. The van der Waals surface area contributed by atoms with Crippen molar-refractivity contribution in [1.29, 1.82) is 0 Å². The molecule has 0 aliphatic carbocycles. The number of carbonyl (C=O) groups excluding carboxylic acids is 1. The van der Waals surface area contributed by atoms with E-state index in [1.54, 1.807) is 0 Å². The van der Waals surface area contributed by atoms with E-state index in [4.69, 9.17) is 0 Å². The molecule has 1 N–H and O–H groups in total. The second kappa shape index (κ2) is 5.10. The van der Waals surface area contributed by atoms with Gasteiger partial charge in [0.15, 0.2) is 0 Å². The zero-order valence-electron chi connectivity index (χ0n) is 9.09. The van der Waals surface area contributed by atoms with Crippen molar-refractivity contribution >= 4 is 44.9 Å².